The molecule has 1 aromatic heterocycles. The highest BCUT2D eigenvalue weighted by atomic mass is 35.5. The highest BCUT2D eigenvalue weighted by Gasteiger charge is 2.08. The van der Waals surface area contributed by atoms with Crippen molar-refractivity contribution in [2.75, 3.05) is 6.61 Å². The highest BCUT2D eigenvalue weighted by molar-refractivity contribution is 7.14. The average molecular weight is 258 g/mol. The molecular formula is C9H8ClN3O2S. The highest BCUT2D eigenvalue weighted by Crippen LogP contribution is 2.22. The van der Waals surface area contributed by atoms with Gasteiger partial charge in [-0.25, -0.2) is 4.79 Å². The molecule has 16 heavy (non-hydrogen) atoms. The van der Waals surface area contributed by atoms with E-state index in [1.165, 1.54) is 17.4 Å². The molecule has 5 nitrogen and oxygen atoms in total. The van der Waals surface area contributed by atoms with Gasteiger partial charge in [0, 0.05) is 4.91 Å². The van der Waals surface area contributed by atoms with Crippen LogP contribution >= 0.6 is 22.9 Å². The number of rotatable bonds is 4. The third-order valence-electron chi connectivity index (χ3n) is 1.53. The van der Waals surface area contributed by atoms with E-state index in [0.29, 0.717) is 9.90 Å². The van der Waals surface area contributed by atoms with Gasteiger partial charge >= 0.3 is 5.97 Å². The fourth-order valence-corrected chi connectivity index (χ4v) is 1.79. The van der Waals surface area contributed by atoms with Crippen LogP contribution in [0, 0.1) is 0 Å². The number of hydrogen-bond donors (Lipinski definition) is 0. The molecule has 0 spiro atoms. The van der Waals surface area contributed by atoms with Crippen molar-refractivity contribution in [1.29, 1.82) is 0 Å². The molecule has 0 aliphatic carbocycles. The molecular weight excluding hydrogens is 250 g/mol. The van der Waals surface area contributed by atoms with E-state index in [-0.39, 0.29) is 12.3 Å². The molecule has 0 N–H and O–H groups in total. The molecule has 0 unspecified atom stereocenters. The van der Waals surface area contributed by atoms with Gasteiger partial charge in [-0.1, -0.05) is 16.7 Å². The molecule has 1 rings (SSSR count). The number of hydrogen-bond acceptors (Lipinski definition) is 4. The monoisotopic (exact) mass is 257 g/mol. The lowest BCUT2D eigenvalue weighted by Crippen LogP contribution is -2.05. The zero-order valence-electron chi connectivity index (χ0n) is 8.38. The fourth-order valence-electron chi connectivity index (χ4n) is 0.939. The lowest BCUT2D eigenvalue weighted by atomic mass is 10.3. The largest absolute Gasteiger partial charge is 0.462 e. The third-order valence-corrected chi connectivity index (χ3v) is 2.64. The predicted octanol–water partition coefficient (Wildman–Crippen LogP) is 3.62. The van der Waals surface area contributed by atoms with E-state index in [4.69, 9.17) is 21.9 Å². The molecule has 0 saturated carbocycles. The molecule has 1 heterocycles. The number of thiophene rings is 1. The van der Waals surface area contributed by atoms with E-state index in [0.717, 1.165) is 0 Å². The molecule has 1 aromatic rings. The Balaban J connectivity index is 2.97. The minimum atomic E-state index is -0.650. The maximum Gasteiger partial charge on any atom is 0.340 e. The summed E-state index contributed by atoms with van der Waals surface area (Å²) in [5.41, 5.74) is 8.94. The van der Waals surface area contributed by atoms with Crippen LogP contribution in [0.15, 0.2) is 22.3 Å². The summed E-state index contributed by atoms with van der Waals surface area (Å²) in [5, 5.41) is 5.02. The van der Waals surface area contributed by atoms with Crippen LogP contribution in [-0.4, -0.2) is 12.6 Å². The molecule has 0 aliphatic rings. The van der Waals surface area contributed by atoms with Gasteiger partial charge < -0.3 is 4.74 Å². The second kappa shape index (κ2) is 6.17. The zero-order valence-corrected chi connectivity index (χ0v) is 9.96. The number of azide groups is 1. The van der Waals surface area contributed by atoms with Crippen molar-refractivity contribution in [2.45, 2.75) is 6.92 Å². The van der Waals surface area contributed by atoms with Crippen LogP contribution in [0.25, 0.3) is 16.5 Å². The molecule has 0 radical (unpaired) electrons. The molecule has 0 aromatic carbocycles. The fraction of sp³-hybridized carbons (Fsp3) is 0.222. The lowest BCUT2D eigenvalue weighted by Gasteiger charge is -1.99. The summed E-state index contributed by atoms with van der Waals surface area (Å²) in [6.45, 7) is 1.90. The van der Waals surface area contributed by atoms with E-state index < -0.39 is 5.97 Å². The van der Waals surface area contributed by atoms with Crippen molar-refractivity contribution < 1.29 is 9.53 Å². The van der Waals surface area contributed by atoms with Crippen molar-refractivity contribution in [3.63, 3.8) is 0 Å². The van der Waals surface area contributed by atoms with Crippen molar-refractivity contribution in [3.8, 4) is 0 Å². The summed E-state index contributed by atoms with van der Waals surface area (Å²) in [6, 6.07) is 1.67. The standard InChI is InChI=1S/C9H8ClN3O2S/c1-2-15-9(14)7(12-13-11)3-6-4-8(10)16-5-6/h3-5H,2H2,1H3/b7-3+. The lowest BCUT2D eigenvalue weighted by molar-refractivity contribution is -0.138. The van der Waals surface area contributed by atoms with E-state index >= 15 is 0 Å². The second-order valence-corrected chi connectivity index (χ2v) is 4.17. The second-order valence-electron chi connectivity index (χ2n) is 2.62. The van der Waals surface area contributed by atoms with Gasteiger partial charge in [-0.3, -0.25) is 0 Å². The summed E-state index contributed by atoms with van der Waals surface area (Å²) >= 11 is 7.05. The average Bonchev–Trinajstić information content (AvgIpc) is 2.64. The van der Waals surface area contributed by atoms with Gasteiger partial charge in [0.25, 0.3) is 0 Å². The Bertz CT molecular complexity index is 463. The number of carbonyl (C=O) groups excluding carboxylic acids is 1. The molecule has 0 atom stereocenters. The van der Waals surface area contributed by atoms with Crippen molar-refractivity contribution in [3.05, 3.63) is 37.5 Å². The molecule has 0 bridgehead atoms. The van der Waals surface area contributed by atoms with Gasteiger partial charge in [-0.2, -0.15) is 0 Å². The van der Waals surface area contributed by atoms with Crippen LogP contribution in [0.3, 0.4) is 0 Å². The van der Waals surface area contributed by atoms with Gasteiger partial charge in [-0.05, 0) is 35.5 Å². The van der Waals surface area contributed by atoms with Crippen molar-refractivity contribution in [1.82, 2.24) is 0 Å². The smallest absolute Gasteiger partial charge is 0.340 e. The Morgan fingerprint density at radius 2 is 2.56 bits per heavy atom. The SMILES string of the molecule is CCOC(=O)/C(=C\c1csc(Cl)c1)N=[N+]=[N-]. The zero-order chi connectivity index (χ0) is 12.0. The quantitative estimate of drug-likeness (QED) is 0.272. The summed E-state index contributed by atoms with van der Waals surface area (Å²) in [6.07, 6.45) is 1.43. The number of carbonyl (C=O) groups is 1. The molecule has 0 aliphatic heterocycles. The van der Waals surface area contributed by atoms with Crippen LogP contribution in [-0.2, 0) is 9.53 Å². The third kappa shape index (κ3) is 3.58. The predicted molar refractivity (Wildman–Crippen MR) is 63.1 cm³/mol. The first kappa shape index (κ1) is 12.6. The van der Waals surface area contributed by atoms with Crippen LogP contribution in [0.2, 0.25) is 4.34 Å². The van der Waals surface area contributed by atoms with Crippen LogP contribution in [0.4, 0.5) is 0 Å². The number of esters is 1. The summed E-state index contributed by atoms with van der Waals surface area (Å²) < 4.78 is 5.33. The Morgan fingerprint density at radius 1 is 1.81 bits per heavy atom. The van der Waals surface area contributed by atoms with Crippen LogP contribution < -0.4 is 0 Å². The van der Waals surface area contributed by atoms with Gasteiger partial charge in [0.15, 0.2) is 0 Å². The minimum Gasteiger partial charge on any atom is -0.462 e. The van der Waals surface area contributed by atoms with Gasteiger partial charge in [0.1, 0.15) is 5.70 Å². The van der Waals surface area contributed by atoms with E-state index in [1.807, 2.05) is 0 Å². The summed E-state index contributed by atoms with van der Waals surface area (Å²) in [5.74, 6) is -0.650. The first-order valence-electron chi connectivity index (χ1n) is 4.35. The Hall–Kier alpha value is -1.49. The van der Waals surface area contributed by atoms with Crippen molar-refractivity contribution >= 4 is 35.0 Å². The Kier molecular flexibility index (Phi) is 4.85. The number of halogens is 1. The number of ether oxygens (including phenoxy) is 1. The summed E-state index contributed by atoms with van der Waals surface area (Å²) in [4.78, 5) is 13.9. The molecule has 0 fully saturated rings. The van der Waals surface area contributed by atoms with Gasteiger partial charge in [-0.15, -0.1) is 11.3 Å². The Labute approximate surface area is 101 Å². The van der Waals surface area contributed by atoms with E-state index in [2.05, 4.69) is 10.0 Å². The maximum atomic E-state index is 11.4. The van der Waals surface area contributed by atoms with Gasteiger partial charge in [0.05, 0.1) is 10.9 Å². The first-order chi connectivity index (χ1) is 7.67. The first-order valence-corrected chi connectivity index (χ1v) is 5.61. The molecule has 0 saturated heterocycles. The van der Waals surface area contributed by atoms with Crippen LogP contribution in [0.5, 0.6) is 0 Å². The molecule has 84 valence electrons. The maximum absolute atomic E-state index is 11.4. The normalized spacial score (nSPS) is 10.8. The molecule has 0 amide bonds. The van der Waals surface area contributed by atoms with Crippen molar-refractivity contribution in [2.24, 2.45) is 5.11 Å². The van der Waals surface area contributed by atoms with Crippen LogP contribution in [0.1, 0.15) is 12.5 Å². The minimum absolute atomic E-state index is 0.0844. The topological polar surface area (TPSA) is 75.1 Å². The van der Waals surface area contributed by atoms with E-state index in [1.54, 1.807) is 18.4 Å². The molecule has 7 heteroatoms. The number of nitrogens with zero attached hydrogens (tertiary/aromatic N) is 3. The van der Waals surface area contributed by atoms with Gasteiger partial charge in [0.2, 0.25) is 0 Å². The van der Waals surface area contributed by atoms with E-state index in [9.17, 15) is 4.79 Å². The summed E-state index contributed by atoms with van der Waals surface area (Å²) in [7, 11) is 0. The Morgan fingerprint density at radius 3 is 3.06 bits per heavy atom.